The van der Waals surface area contributed by atoms with E-state index in [1.54, 1.807) is 6.20 Å². The third-order valence-corrected chi connectivity index (χ3v) is 3.11. The Morgan fingerprint density at radius 2 is 2.32 bits per heavy atom. The maximum Gasteiger partial charge on any atom is 0.140 e. The van der Waals surface area contributed by atoms with Crippen molar-refractivity contribution in [1.82, 2.24) is 14.9 Å². The molecule has 0 radical (unpaired) electrons. The van der Waals surface area contributed by atoms with Gasteiger partial charge in [-0.05, 0) is 43.3 Å². The highest BCUT2D eigenvalue weighted by atomic mass is 15.0. The normalized spacial score (nSPS) is 12.1. The van der Waals surface area contributed by atoms with Crippen LogP contribution in [0.4, 0.5) is 0 Å². The molecular weight excluding hydrogens is 236 g/mol. The number of nitrogens with one attached hydrogen (secondary N) is 1. The van der Waals surface area contributed by atoms with Gasteiger partial charge in [0.2, 0.25) is 0 Å². The molecule has 4 heteroatoms. The molecule has 98 valence electrons. The van der Waals surface area contributed by atoms with Crippen LogP contribution < -0.4 is 5.32 Å². The first kappa shape index (κ1) is 13.3. The van der Waals surface area contributed by atoms with E-state index in [-0.39, 0.29) is 0 Å². The van der Waals surface area contributed by atoms with Crippen LogP contribution in [0.1, 0.15) is 36.8 Å². The van der Waals surface area contributed by atoms with Crippen LogP contribution in [0.25, 0.3) is 0 Å². The Hall–Kier alpha value is -2.12. The summed E-state index contributed by atoms with van der Waals surface area (Å²) in [5, 5.41) is 12.3. The molecule has 2 heterocycles. The number of pyridine rings is 1. The summed E-state index contributed by atoms with van der Waals surface area (Å²) >= 11 is 0. The highest BCUT2D eigenvalue weighted by molar-refractivity contribution is 5.26. The minimum absolute atomic E-state index is 0.317. The molecule has 0 saturated carbocycles. The quantitative estimate of drug-likeness (QED) is 0.891. The standard InChI is InChI=1S/C15H18N4/c1-3-17-12(2)15-5-4-8-19(15)11-13-6-7-18-14(9-13)10-16/h4-9,12,17H,3,11H2,1-2H3. The molecule has 1 unspecified atom stereocenters. The van der Waals surface area contributed by atoms with Crippen molar-refractivity contribution in [1.29, 1.82) is 5.26 Å². The van der Waals surface area contributed by atoms with Gasteiger partial charge < -0.3 is 9.88 Å². The Labute approximate surface area is 113 Å². The van der Waals surface area contributed by atoms with Gasteiger partial charge in [0.05, 0.1) is 0 Å². The van der Waals surface area contributed by atoms with Crippen LogP contribution >= 0.6 is 0 Å². The van der Waals surface area contributed by atoms with Gasteiger partial charge in [-0.15, -0.1) is 0 Å². The zero-order valence-electron chi connectivity index (χ0n) is 11.3. The Kier molecular flexibility index (Phi) is 4.32. The lowest BCUT2D eigenvalue weighted by Crippen LogP contribution is -2.20. The molecule has 2 aromatic rings. The van der Waals surface area contributed by atoms with Crippen molar-refractivity contribution in [3.05, 3.63) is 53.6 Å². The van der Waals surface area contributed by atoms with Crippen molar-refractivity contribution in [3.8, 4) is 6.07 Å². The Morgan fingerprint density at radius 3 is 3.05 bits per heavy atom. The molecule has 4 nitrogen and oxygen atoms in total. The van der Waals surface area contributed by atoms with Crippen LogP contribution in [0.5, 0.6) is 0 Å². The smallest absolute Gasteiger partial charge is 0.140 e. The monoisotopic (exact) mass is 254 g/mol. The Balaban J connectivity index is 2.19. The SMILES string of the molecule is CCNC(C)c1cccn1Cc1ccnc(C#N)c1. The molecule has 0 spiro atoms. The summed E-state index contributed by atoms with van der Waals surface area (Å²) < 4.78 is 2.20. The first-order chi connectivity index (χ1) is 9.24. The van der Waals surface area contributed by atoms with E-state index >= 15 is 0 Å². The Morgan fingerprint density at radius 1 is 1.47 bits per heavy atom. The fraction of sp³-hybridized carbons (Fsp3) is 0.333. The molecular formula is C15H18N4. The lowest BCUT2D eigenvalue weighted by atomic mass is 10.2. The maximum absolute atomic E-state index is 8.87. The van der Waals surface area contributed by atoms with Crippen LogP contribution in [0, 0.1) is 11.3 Å². The second-order valence-electron chi connectivity index (χ2n) is 4.50. The van der Waals surface area contributed by atoms with Gasteiger partial charge in [0.15, 0.2) is 0 Å². The van der Waals surface area contributed by atoms with Crippen LogP contribution in [-0.4, -0.2) is 16.1 Å². The summed E-state index contributed by atoms with van der Waals surface area (Å²) in [7, 11) is 0. The second-order valence-corrected chi connectivity index (χ2v) is 4.50. The van der Waals surface area contributed by atoms with E-state index < -0.39 is 0 Å². The summed E-state index contributed by atoms with van der Waals surface area (Å²) in [6.07, 6.45) is 3.75. The Bertz CT molecular complexity index is 580. The van der Waals surface area contributed by atoms with E-state index in [2.05, 4.69) is 53.1 Å². The lowest BCUT2D eigenvalue weighted by Gasteiger charge is -2.16. The van der Waals surface area contributed by atoms with Gasteiger partial charge in [0.25, 0.3) is 0 Å². The third-order valence-electron chi connectivity index (χ3n) is 3.11. The lowest BCUT2D eigenvalue weighted by molar-refractivity contribution is 0.553. The molecule has 2 aromatic heterocycles. The summed E-state index contributed by atoms with van der Waals surface area (Å²) in [6, 6.07) is 10.3. The molecule has 0 aliphatic rings. The number of rotatable bonds is 5. The average Bonchev–Trinajstić information content (AvgIpc) is 2.87. The summed E-state index contributed by atoms with van der Waals surface area (Å²) in [6.45, 7) is 5.96. The molecule has 0 aromatic carbocycles. The molecule has 0 fully saturated rings. The van der Waals surface area contributed by atoms with Crippen molar-refractivity contribution >= 4 is 0 Å². The first-order valence-electron chi connectivity index (χ1n) is 6.48. The highest BCUT2D eigenvalue weighted by Gasteiger charge is 2.09. The van der Waals surface area contributed by atoms with E-state index in [9.17, 15) is 0 Å². The number of hydrogen-bond acceptors (Lipinski definition) is 3. The molecule has 2 rings (SSSR count). The third kappa shape index (κ3) is 3.21. The largest absolute Gasteiger partial charge is 0.346 e. The fourth-order valence-corrected chi connectivity index (χ4v) is 2.21. The van der Waals surface area contributed by atoms with Gasteiger partial charge in [-0.25, -0.2) is 4.98 Å². The summed E-state index contributed by atoms with van der Waals surface area (Å²) in [5.41, 5.74) is 2.80. The topological polar surface area (TPSA) is 53.6 Å². The molecule has 0 saturated heterocycles. The zero-order chi connectivity index (χ0) is 13.7. The molecule has 0 aliphatic heterocycles. The number of hydrogen-bond donors (Lipinski definition) is 1. The maximum atomic E-state index is 8.87. The van der Waals surface area contributed by atoms with Gasteiger partial charge in [-0.1, -0.05) is 6.92 Å². The van der Waals surface area contributed by atoms with E-state index in [0.29, 0.717) is 11.7 Å². The molecule has 1 atom stereocenters. The van der Waals surface area contributed by atoms with Crippen molar-refractivity contribution in [2.24, 2.45) is 0 Å². The predicted octanol–water partition coefficient (Wildman–Crippen LogP) is 2.47. The van der Waals surface area contributed by atoms with Crippen molar-refractivity contribution in [3.63, 3.8) is 0 Å². The molecule has 19 heavy (non-hydrogen) atoms. The van der Waals surface area contributed by atoms with Crippen molar-refractivity contribution < 1.29 is 0 Å². The van der Waals surface area contributed by atoms with E-state index in [4.69, 9.17) is 5.26 Å². The van der Waals surface area contributed by atoms with Crippen LogP contribution in [0.2, 0.25) is 0 Å². The first-order valence-corrected chi connectivity index (χ1v) is 6.48. The summed E-state index contributed by atoms with van der Waals surface area (Å²) in [4.78, 5) is 3.99. The number of aromatic nitrogens is 2. The van der Waals surface area contributed by atoms with Crippen LogP contribution in [0.15, 0.2) is 36.7 Å². The molecule has 0 amide bonds. The molecule has 0 bridgehead atoms. The second kappa shape index (κ2) is 6.17. The van der Waals surface area contributed by atoms with Crippen molar-refractivity contribution in [2.75, 3.05) is 6.54 Å². The number of nitrogens with zero attached hydrogens (tertiary/aromatic N) is 3. The number of nitriles is 1. The van der Waals surface area contributed by atoms with E-state index in [1.807, 2.05) is 12.1 Å². The van der Waals surface area contributed by atoms with Gasteiger partial charge in [0, 0.05) is 30.7 Å². The average molecular weight is 254 g/mol. The van der Waals surface area contributed by atoms with E-state index in [0.717, 1.165) is 18.7 Å². The van der Waals surface area contributed by atoms with Crippen LogP contribution in [-0.2, 0) is 6.54 Å². The van der Waals surface area contributed by atoms with Gasteiger partial charge in [0.1, 0.15) is 11.8 Å². The van der Waals surface area contributed by atoms with Crippen molar-refractivity contribution in [2.45, 2.75) is 26.4 Å². The van der Waals surface area contributed by atoms with Crippen LogP contribution in [0.3, 0.4) is 0 Å². The summed E-state index contributed by atoms with van der Waals surface area (Å²) in [5.74, 6) is 0. The minimum Gasteiger partial charge on any atom is -0.346 e. The minimum atomic E-state index is 0.317. The molecule has 1 N–H and O–H groups in total. The van der Waals surface area contributed by atoms with Gasteiger partial charge in [-0.3, -0.25) is 0 Å². The van der Waals surface area contributed by atoms with Gasteiger partial charge >= 0.3 is 0 Å². The zero-order valence-corrected chi connectivity index (χ0v) is 11.3. The van der Waals surface area contributed by atoms with E-state index in [1.165, 1.54) is 5.69 Å². The fourth-order valence-electron chi connectivity index (χ4n) is 2.21. The van der Waals surface area contributed by atoms with Gasteiger partial charge in [-0.2, -0.15) is 5.26 Å². The predicted molar refractivity (Wildman–Crippen MR) is 74.6 cm³/mol. The molecule has 0 aliphatic carbocycles. The highest BCUT2D eigenvalue weighted by Crippen LogP contribution is 2.15.